The number of ether oxygens (including phenoxy) is 1. The lowest BCUT2D eigenvalue weighted by Crippen LogP contribution is -2.14. The van der Waals surface area contributed by atoms with E-state index in [4.69, 9.17) is 9.84 Å². The number of benzene rings is 2. The molecule has 0 amide bonds. The Bertz CT molecular complexity index is 570. The second-order valence-electron chi connectivity index (χ2n) is 4.83. The van der Waals surface area contributed by atoms with Crippen molar-refractivity contribution < 1.29 is 9.84 Å². The van der Waals surface area contributed by atoms with E-state index in [2.05, 4.69) is 34.2 Å². The number of hydrogen-bond acceptors (Lipinski definition) is 3. The Balaban J connectivity index is 2.13. The van der Waals surface area contributed by atoms with Crippen LogP contribution in [-0.4, -0.2) is 11.7 Å². The first-order chi connectivity index (χ1) is 10.2. The third-order valence-corrected chi connectivity index (χ3v) is 3.59. The van der Waals surface area contributed by atoms with E-state index in [-0.39, 0.29) is 6.61 Å². The Morgan fingerprint density at radius 3 is 2.57 bits per heavy atom. The molecule has 0 fully saturated rings. The van der Waals surface area contributed by atoms with Crippen molar-refractivity contribution >= 4 is 15.9 Å². The predicted octanol–water partition coefficient (Wildman–Crippen LogP) is 4.23. The van der Waals surface area contributed by atoms with Gasteiger partial charge in [-0.15, -0.1) is 0 Å². The van der Waals surface area contributed by atoms with Gasteiger partial charge in [-0.3, -0.25) is 0 Å². The first-order valence-electron chi connectivity index (χ1n) is 7.09. The Morgan fingerprint density at radius 2 is 1.90 bits per heavy atom. The average Bonchev–Trinajstić information content (AvgIpc) is 2.51. The van der Waals surface area contributed by atoms with Gasteiger partial charge in [-0.05, 0) is 48.9 Å². The summed E-state index contributed by atoms with van der Waals surface area (Å²) >= 11 is 3.50. The van der Waals surface area contributed by atoms with Crippen molar-refractivity contribution in [2.24, 2.45) is 0 Å². The number of halogens is 1. The van der Waals surface area contributed by atoms with Crippen LogP contribution in [0.4, 0.5) is 0 Å². The van der Waals surface area contributed by atoms with E-state index in [1.54, 1.807) is 0 Å². The molecular weight excluding hydrogens is 330 g/mol. The Hall–Kier alpha value is -1.36. The zero-order valence-electron chi connectivity index (χ0n) is 12.1. The molecule has 0 spiro atoms. The minimum absolute atomic E-state index is 0.0464. The van der Waals surface area contributed by atoms with Gasteiger partial charge in [-0.25, -0.2) is 0 Å². The van der Waals surface area contributed by atoms with Gasteiger partial charge in [0.05, 0.1) is 6.61 Å². The second-order valence-corrected chi connectivity index (χ2v) is 5.75. The van der Waals surface area contributed by atoms with Crippen molar-refractivity contribution in [1.29, 1.82) is 0 Å². The van der Waals surface area contributed by atoms with E-state index < -0.39 is 0 Å². The van der Waals surface area contributed by atoms with Crippen LogP contribution in [0.1, 0.15) is 24.5 Å². The van der Waals surface area contributed by atoms with Crippen molar-refractivity contribution in [3.05, 3.63) is 58.1 Å². The van der Waals surface area contributed by atoms with Gasteiger partial charge in [0.15, 0.2) is 0 Å². The fraction of sp³-hybridized carbons (Fsp3) is 0.294. The molecule has 21 heavy (non-hydrogen) atoms. The third kappa shape index (κ3) is 4.84. The fourth-order valence-corrected chi connectivity index (χ4v) is 2.38. The molecule has 2 aromatic rings. The summed E-state index contributed by atoms with van der Waals surface area (Å²) in [6, 6.07) is 13.5. The molecule has 0 aromatic heterocycles. The lowest BCUT2D eigenvalue weighted by molar-refractivity contribution is 0.281. The molecular formula is C17H20BrNO2. The largest absolute Gasteiger partial charge is 0.457 e. The Labute approximate surface area is 134 Å². The first-order valence-corrected chi connectivity index (χ1v) is 7.89. The molecule has 112 valence electrons. The number of hydrogen-bond donors (Lipinski definition) is 2. The maximum atomic E-state index is 9.06. The molecule has 0 bridgehead atoms. The van der Waals surface area contributed by atoms with Gasteiger partial charge in [0.25, 0.3) is 0 Å². The highest BCUT2D eigenvalue weighted by Crippen LogP contribution is 2.28. The summed E-state index contributed by atoms with van der Waals surface area (Å²) in [7, 11) is 0. The van der Waals surface area contributed by atoms with Crippen LogP contribution in [0.15, 0.2) is 46.9 Å². The summed E-state index contributed by atoms with van der Waals surface area (Å²) in [5.41, 5.74) is 1.99. The average molecular weight is 350 g/mol. The topological polar surface area (TPSA) is 41.5 Å². The van der Waals surface area contributed by atoms with E-state index >= 15 is 0 Å². The minimum Gasteiger partial charge on any atom is -0.457 e. The summed E-state index contributed by atoms with van der Waals surface area (Å²) in [6.45, 7) is 3.95. The summed E-state index contributed by atoms with van der Waals surface area (Å²) in [5.74, 6) is 1.62. The predicted molar refractivity (Wildman–Crippen MR) is 88.6 cm³/mol. The van der Waals surface area contributed by atoms with Crippen molar-refractivity contribution in [3.8, 4) is 11.5 Å². The zero-order valence-corrected chi connectivity index (χ0v) is 13.7. The van der Waals surface area contributed by atoms with Crippen molar-refractivity contribution in [1.82, 2.24) is 5.32 Å². The maximum Gasteiger partial charge on any atom is 0.131 e. The van der Waals surface area contributed by atoms with Crippen LogP contribution in [-0.2, 0) is 13.2 Å². The van der Waals surface area contributed by atoms with Crippen LogP contribution >= 0.6 is 15.9 Å². The number of aliphatic hydroxyl groups excluding tert-OH is 1. The molecule has 4 heteroatoms. The third-order valence-electron chi connectivity index (χ3n) is 3.10. The van der Waals surface area contributed by atoms with E-state index in [1.165, 1.54) is 0 Å². The summed E-state index contributed by atoms with van der Waals surface area (Å²) in [4.78, 5) is 0. The molecule has 0 aliphatic heterocycles. The fourth-order valence-electron chi connectivity index (χ4n) is 1.98. The highest BCUT2D eigenvalue weighted by molar-refractivity contribution is 9.10. The smallest absolute Gasteiger partial charge is 0.131 e. The van der Waals surface area contributed by atoms with Crippen molar-refractivity contribution in [2.75, 3.05) is 6.54 Å². The molecule has 0 saturated heterocycles. The molecule has 3 nitrogen and oxygen atoms in total. The standard InChI is InChI=1S/C17H20BrNO2/c1-2-9-19-11-14-10-15(18)5-8-17(14)21-16-6-3-13(12-20)4-7-16/h3-8,10,19-20H,2,9,11-12H2,1H3. The van der Waals surface area contributed by atoms with Gasteiger partial charge < -0.3 is 15.2 Å². The van der Waals surface area contributed by atoms with Gasteiger partial charge >= 0.3 is 0 Å². The molecule has 0 saturated carbocycles. The van der Waals surface area contributed by atoms with E-state index in [0.717, 1.165) is 46.6 Å². The summed E-state index contributed by atoms with van der Waals surface area (Å²) in [6.07, 6.45) is 1.10. The van der Waals surface area contributed by atoms with E-state index in [9.17, 15) is 0 Å². The molecule has 0 radical (unpaired) electrons. The lowest BCUT2D eigenvalue weighted by atomic mass is 10.2. The van der Waals surface area contributed by atoms with Crippen LogP contribution in [0.3, 0.4) is 0 Å². The first kappa shape index (κ1) is 16.0. The van der Waals surface area contributed by atoms with Gasteiger partial charge in [0.1, 0.15) is 11.5 Å². The SMILES string of the molecule is CCCNCc1cc(Br)ccc1Oc1ccc(CO)cc1. The van der Waals surface area contributed by atoms with Crippen LogP contribution in [0.2, 0.25) is 0 Å². The van der Waals surface area contributed by atoms with Gasteiger partial charge in [0.2, 0.25) is 0 Å². The van der Waals surface area contributed by atoms with Gasteiger partial charge in [0, 0.05) is 16.6 Å². The maximum absolute atomic E-state index is 9.06. The van der Waals surface area contributed by atoms with Crippen LogP contribution in [0, 0.1) is 0 Å². The molecule has 0 unspecified atom stereocenters. The normalized spacial score (nSPS) is 10.6. The van der Waals surface area contributed by atoms with Gasteiger partial charge in [-0.2, -0.15) is 0 Å². The Kier molecular flexibility index (Phi) is 6.23. The molecule has 2 N–H and O–H groups in total. The molecule has 0 aliphatic carbocycles. The van der Waals surface area contributed by atoms with Gasteiger partial charge in [-0.1, -0.05) is 35.0 Å². The van der Waals surface area contributed by atoms with E-state index in [0.29, 0.717) is 0 Å². The molecule has 0 aliphatic rings. The molecule has 0 atom stereocenters. The quantitative estimate of drug-likeness (QED) is 0.734. The second kappa shape index (κ2) is 8.17. The summed E-state index contributed by atoms with van der Waals surface area (Å²) in [5, 5.41) is 12.4. The number of nitrogens with one attached hydrogen (secondary N) is 1. The van der Waals surface area contributed by atoms with Crippen LogP contribution < -0.4 is 10.1 Å². The molecule has 2 aromatic carbocycles. The van der Waals surface area contributed by atoms with E-state index in [1.807, 2.05) is 36.4 Å². The zero-order chi connectivity index (χ0) is 15.1. The van der Waals surface area contributed by atoms with Crippen LogP contribution in [0.25, 0.3) is 0 Å². The number of rotatable bonds is 7. The highest BCUT2D eigenvalue weighted by Gasteiger charge is 2.06. The Morgan fingerprint density at radius 1 is 1.14 bits per heavy atom. The number of aliphatic hydroxyl groups is 1. The lowest BCUT2D eigenvalue weighted by Gasteiger charge is -2.12. The summed E-state index contributed by atoms with van der Waals surface area (Å²) < 4.78 is 6.99. The minimum atomic E-state index is 0.0464. The van der Waals surface area contributed by atoms with Crippen molar-refractivity contribution in [3.63, 3.8) is 0 Å². The highest BCUT2D eigenvalue weighted by atomic mass is 79.9. The van der Waals surface area contributed by atoms with Crippen LogP contribution in [0.5, 0.6) is 11.5 Å². The molecule has 2 rings (SSSR count). The monoisotopic (exact) mass is 349 g/mol. The van der Waals surface area contributed by atoms with Crippen molar-refractivity contribution in [2.45, 2.75) is 26.5 Å². The molecule has 0 heterocycles.